The molecule has 0 spiro atoms. The van der Waals surface area contributed by atoms with Crippen LogP contribution in [-0.2, 0) is 16.0 Å². The van der Waals surface area contributed by atoms with E-state index in [2.05, 4.69) is 0 Å². The molecule has 16 heavy (non-hydrogen) atoms. The van der Waals surface area contributed by atoms with Gasteiger partial charge in [-0.15, -0.1) is 0 Å². The molecule has 0 unspecified atom stereocenters. The number of benzene rings is 1. The Kier molecular flexibility index (Phi) is 4.19. The first-order valence-electron chi connectivity index (χ1n) is 4.47. The molecule has 0 aromatic heterocycles. The van der Waals surface area contributed by atoms with Gasteiger partial charge in [-0.1, -0.05) is 0 Å². The summed E-state index contributed by atoms with van der Waals surface area (Å²) in [4.78, 5) is 32.2. The van der Waals surface area contributed by atoms with E-state index in [4.69, 9.17) is 16.3 Å². The van der Waals surface area contributed by atoms with Crippen LogP contribution in [0.4, 0.5) is 0 Å². The van der Waals surface area contributed by atoms with Crippen LogP contribution in [0.2, 0.25) is 0 Å². The molecular weight excluding hydrogens is 232 g/mol. The van der Waals surface area contributed by atoms with Crippen molar-refractivity contribution in [3.05, 3.63) is 29.3 Å². The minimum Gasteiger partial charge on any atom is -0.427 e. The van der Waals surface area contributed by atoms with Crippen molar-refractivity contribution in [2.24, 2.45) is 0 Å². The summed E-state index contributed by atoms with van der Waals surface area (Å²) in [7, 11) is 0. The molecule has 4 nitrogen and oxygen atoms in total. The van der Waals surface area contributed by atoms with E-state index in [0.717, 1.165) is 0 Å². The topological polar surface area (TPSA) is 60.4 Å². The molecule has 0 fully saturated rings. The summed E-state index contributed by atoms with van der Waals surface area (Å²) in [6, 6.07) is 4.40. The Labute approximate surface area is 97.2 Å². The van der Waals surface area contributed by atoms with Crippen LogP contribution < -0.4 is 4.74 Å². The van der Waals surface area contributed by atoms with E-state index in [-0.39, 0.29) is 12.2 Å². The summed E-state index contributed by atoms with van der Waals surface area (Å²) in [5.41, 5.74) is 0.790. The number of carbonyl (C=O) groups is 3. The lowest BCUT2D eigenvalue weighted by atomic mass is 10.1. The van der Waals surface area contributed by atoms with Crippen molar-refractivity contribution in [3.8, 4) is 5.75 Å². The Morgan fingerprint density at radius 2 is 2.12 bits per heavy atom. The third kappa shape index (κ3) is 3.47. The molecule has 1 aromatic carbocycles. The maximum Gasteiger partial charge on any atom is 0.308 e. The molecule has 0 radical (unpaired) electrons. The molecule has 0 saturated heterocycles. The molecule has 0 heterocycles. The molecular formula is C11H9ClO4. The number of carbonyl (C=O) groups excluding carboxylic acids is 3. The highest BCUT2D eigenvalue weighted by Crippen LogP contribution is 2.18. The summed E-state index contributed by atoms with van der Waals surface area (Å²) < 4.78 is 4.83. The number of hydrogen-bond acceptors (Lipinski definition) is 4. The normalized spacial score (nSPS) is 9.62. The lowest BCUT2D eigenvalue weighted by Crippen LogP contribution is -2.04. The van der Waals surface area contributed by atoms with Crippen LogP contribution >= 0.6 is 11.6 Å². The average molecular weight is 241 g/mol. The number of ether oxygens (including phenoxy) is 1. The van der Waals surface area contributed by atoms with Crippen molar-refractivity contribution in [2.75, 3.05) is 0 Å². The third-order valence-electron chi connectivity index (χ3n) is 1.83. The van der Waals surface area contributed by atoms with E-state index in [1.807, 2.05) is 0 Å². The van der Waals surface area contributed by atoms with Crippen molar-refractivity contribution in [1.82, 2.24) is 0 Å². The largest absolute Gasteiger partial charge is 0.427 e. The van der Waals surface area contributed by atoms with Gasteiger partial charge in [0.15, 0.2) is 0 Å². The number of halogens is 1. The van der Waals surface area contributed by atoms with Gasteiger partial charge in [0.25, 0.3) is 0 Å². The molecule has 0 aliphatic rings. The Balaban J connectivity index is 3.05. The van der Waals surface area contributed by atoms with Crippen molar-refractivity contribution in [2.45, 2.75) is 13.3 Å². The van der Waals surface area contributed by atoms with Gasteiger partial charge in [0, 0.05) is 18.9 Å². The molecule has 5 heteroatoms. The third-order valence-corrected chi connectivity index (χ3v) is 1.97. The summed E-state index contributed by atoms with van der Waals surface area (Å²) in [5.74, 6) is -0.187. The van der Waals surface area contributed by atoms with Crippen LogP contribution in [0.3, 0.4) is 0 Å². The Bertz CT molecular complexity index is 440. The Morgan fingerprint density at radius 1 is 1.44 bits per heavy atom. The van der Waals surface area contributed by atoms with Gasteiger partial charge >= 0.3 is 5.97 Å². The summed E-state index contributed by atoms with van der Waals surface area (Å²) in [6.45, 7) is 1.26. The number of hydrogen-bond donors (Lipinski definition) is 0. The van der Waals surface area contributed by atoms with Gasteiger partial charge in [0.2, 0.25) is 5.24 Å². The maximum absolute atomic E-state index is 10.8. The molecule has 0 N–H and O–H groups in total. The zero-order valence-corrected chi connectivity index (χ0v) is 9.28. The average Bonchev–Trinajstić information content (AvgIpc) is 2.16. The van der Waals surface area contributed by atoms with Gasteiger partial charge in [-0.2, -0.15) is 0 Å². The first-order chi connectivity index (χ1) is 7.52. The molecule has 0 amide bonds. The van der Waals surface area contributed by atoms with Gasteiger partial charge in [0.1, 0.15) is 12.0 Å². The lowest BCUT2D eigenvalue weighted by molar-refractivity contribution is -0.131. The van der Waals surface area contributed by atoms with Crippen LogP contribution in [-0.4, -0.2) is 17.5 Å². The lowest BCUT2D eigenvalue weighted by Gasteiger charge is -2.05. The fourth-order valence-corrected chi connectivity index (χ4v) is 1.37. The van der Waals surface area contributed by atoms with Gasteiger partial charge < -0.3 is 4.74 Å². The van der Waals surface area contributed by atoms with Crippen LogP contribution in [0.15, 0.2) is 18.2 Å². The molecule has 0 saturated carbocycles. The Hall–Kier alpha value is -1.68. The van der Waals surface area contributed by atoms with Gasteiger partial charge in [-0.3, -0.25) is 14.4 Å². The van der Waals surface area contributed by atoms with Crippen molar-refractivity contribution >= 4 is 29.1 Å². The molecule has 1 aromatic rings. The van der Waals surface area contributed by atoms with Crippen LogP contribution in [0.25, 0.3) is 0 Å². The second-order valence-electron chi connectivity index (χ2n) is 3.10. The van der Waals surface area contributed by atoms with E-state index in [0.29, 0.717) is 17.4 Å². The van der Waals surface area contributed by atoms with E-state index < -0.39 is 11.2 Å². The van der Waals surface area contributed by atoms with Gasteiger partial charge in [0.05, 0.1) is 0 Å². The minimum absolute atomic E-state index is 0.0786. The predicted octanol–water partition coefficient (Wildman–Crippen LogP) is 1.73. The fraction of sp³-hybridized carbons (Fsp3) is 0.182. The van der Waals surface area contributed by atoms with E-state index in [1.54, 1.807) is 0 Å². The Morgan fingerprint density at radius 3 is 2.62 bits per heavy atom. The zero-order valence-electron chi connectivity index (χ0n) is 8.53. The predicted molar refractivity (Wildman–Crippen MR) is 57.7 cm³/mol. The minimum atomic E-state index is -0.580. The van der Waals surface area contributed by atoms with E-state index in [1.165, 1.54) is 25.1 Å². The summed E-state index contributed by atoms with van der Waals surface area (Å²) >= 11 is 5.24. The van der Waals surface area contributed by atoms with Crippen LogP contribution in [0.5, 0.6) is 5.75 Å². The SMILES string of the molecule is CC(=O)Oc1ccc(C=O)c(CC(=O)Cl)c1. The van der Waals surface area contributed by atoms with E-state index in [9.17, 15) is 14.4 Å². The number of rotatable bonds is 4. The highest BCUT2D eigenvalue weighted by Gasteiger charge is 2.08. The fourth-order valence-electron chi connectivity index (χ4n) is 1.23. The molecule has 0 aliphatic heterocycles. The molecule has 0 bridgehead atoms. The van der Waals surface area contributed by atoms with Gasteiger partial charge in [-0.25, -0.2) is 0 Å². The van der Waals surface area contributed by atoms with Crippen molar-refractivity contribution < 1.29 is 19.1 Å². The van der Waals surface area contributed by atoms with Crippen LogP contribution in [0.1, 0.15) is 22.8 Å². The molecule has 0 aliphatic carbocycles. The standard InChI is InChI=1S/C11H9ClO4/c1-7(14)16-10-3-2-8(6-13)9(4-10)5-11(12)15/h2-4,6H,5H2,1H3. The maximum atomic E-state index is 10.8. The first-order valence-corrected chi connectivity index (χ1v) is 4.85. The quantitative estimate of drug-likeness (QED) is 0.348. The van der Waals surface area contributed by atoms with E-state index >= 15 is 0 Å². The van der Waals surface area contributed by atoms with Crippen molar-refractivity contribution in [3.63, 3.8) is 0 Å². The molecule has 0 atom stereocenters. The number of esters is 1. The highest BCUT2D eigenvalue weighted by molar-refractivity contribution is 6.63. The van der Waals surface area contributed by atoms with Crippen molar-refractivity contribution in [1.29, 1.82) is 0 Å². The second kappa shape index (κ2) is 5.42. The van der Waals surface area contributed by atoms with Crippen LogP contribution in [0, 0.1) is 0 Å². The summed E-state index contributed by atoms with van der Waals surface area (Å²) in [5, 5.41) is -0.580. The van der Waals surface area contributed by atoms with Gasteiger partial charge in [-0.05, 0) is 35.4 Å². The second-order valence-corrected chi connectivity index (χ2v) is 3.53. The molecule has 84 valence electrons. The highest BCUT2D eigenvalue weighted by atomic mass is 35.5. The number of aldehydes is 1. The monoisotopic (exact) mass is 240 g/mol. The molecule has 1 rings (SSSR count). The zero-order chi connectivity index (χ0) is 12.1. The smallest absolute Gasteiger partial charge is 0.308 e. The summed E-state index contributed by atoms with van der Waals surface area (Å²) in [6.07, 6.45) is 0.539. The first kappa shape index (κ1) is 12.4.